The molecule has 0 spiro atoms. The fourth-order valence-corrected chi connectivity index (χ4v) is 4.33. The molecule has 1 atom stereocenters. The van der Waals surface area contributed by atoms with Gasteiger partial charge in [0.2, 0.25) is 0 Å². The molecule has 0 aromatic heterocycles. The van der Waals surface area contributed by atoms with Crippen molar-refractivity contribution in [2.24, 2.45) is 5.92 Å². The van der Waals surface area contributed by atoms with Crippen LogP contribution < -0.4 is 15.6 Å². The third-order valence-electron chi connectivity index (χ3n) is 6.17. The third kappa shape index (κ3) is 4.10. The van der Waals surface area contributed by atoms with Crippen molar-refractivity contribution in [2.75, 3.05) is 18.0 Å². The second kappa shape index (κ2) is 8.18. The molecule has 34 heavy (non-hydrogen) atoms. The Morgan fingerprint density at radius 3 is 2.47 bits per heavy atom. The smallest absolute Gasteiger partial charge is 0.326 e. The summed E-state index contributed by atoms with van der Waals surface area (Å²) in [4.78, 5) is 27.7. The zero-order chi connectivity index (χ0) is 24.0. The van der Waals surface area contributed by atoms with Crippen molar-refractivity contribution in [3.63, 3.8) is 0 Å². The molecular formula is C24H20F3N5O2. The van der Waals surface area contributed by atoms with Crippen molar-refractivity contribution in [1.29, 1.82) is 5.26 Å². The third-order valence-corrected chi connectivity index (χ3v) is 6.17. The van der Waals surface area contributed by atoms with Gasteiger partial charge in [-0.3, -0.25) is 15.1 Å². The Morgan fingerprint density at radius 1 is 1.09 bits per heavy atom. The van der Waals surface area contributed by atoms with E-state index in [2.05, 4.69) is 10.7 Å². The summed E-state index contributed by atoms with van der Waals surface area (Å²) in [6.45, 7) is 0.774. The van der Waals surface area contributed by atoms with E-state index in [-0.39, 0.29) is 17.8 Å². The van der Waals surface area contributed by atoms with Crippen LogP contribution in [0.4, 0.5) is 23.7 Å². The normalized spacial score (nSPS) is 21.0. The lowest BCUT2D eigenvalue weighted by molar-refractivity contribution is -0.137. The van der Waals surface area contributed by atoms with Crippen LogP contribution in [0.25, 0.3) is 0 Å². The molecule has 1 fully saturated rings. The van der Waals surface area contributed by atoms with E-state index in [0.29, 0.717) is 29.3 Å². The molecule has 0 unspecified atom stereocenters. The molecule has 5 rings (SSSR count). The highest BCUT2D eigenvalue weighted by atomic mass is 19.4. The number of hydrazine groups is 1. The van der Waals surface area contributed by atoms with Gasteiger partial charge >= 0.3 is 12.2 Å². The molecule has 1 aliphatic carbocycles. The minimum Gasteiger partial charge on any atom is -0.326 e. The molecule has 2 aliphatic heterocycles. The van der Waals surface area contributed by atoms with Gasteiger partial charge in [0.1, 0.15) is 0 Å². The summed E-state index contributed by atoms with van der Waals surface area (Å²) < 4.78 is 40.1. The van der Waals surface area contributed by atoms with Crippen LogP contribution in [0.2, 0.25) is 0 Å². The predicted molar refractivity (Wildman–Crippen MR) is 116 cm³/mol. The molecule has 10 heteroatoms. The molecule has 3 amide bonds. The number of hydrogen-bond acceptors (Lipinski definition) is 4. The summed E-state index contributed by atoms with van der Waals surface area (Å²) in [6, 6.07) is 11.6. The number of carbonyl (C=O) groups excluding carboxylic acids is 2. The summed E-state index contributed by atoms with van der Waals surface area (Å²) in [7, 11) is 0. The SMILES string of the molecule is N#Cc1ccc([C@H]2NC(=O)N(c3cccc(C(F)(F)F)c3)C3=C2C(=O)NN(CC2CC2)C3)cc1. The van der Waals surface area contributed by atoms with Gasteiger partial charge in [-0.15, -0.1) is 0 Å². The minimum absolute atomic E-state index is 0.0270. The first-order valence-corrected chi connectivity index (χ1v) is 10.8. The van der Waals surface area contributed by atoms with Crippen LogP contribution in [0.3, 0.4) is 0 Å². The first-order valence-electron chi connectivity index (χ1n) is 10.8. The topological polar surface area (TPSA) is 88.5 Å². The summed E-state index contributed by atoms with van der Waals surface area (Å²) in [6.07, 6.45) is -2.49. The number of nitrogens with one attached hydrogen (secondary N) is 2. The maximum Gasteiger partial charge on any atom is 0.416 e. The lowest BCUT2D eigenvalue weighted by Gasteiger charge is -2.42. The average Bonchev–Trinajstić information content (AvgIpc) is 3.62. The second-order valence-corrected chi connectivity index (χ2v) is 8.63. The van der Waals surface area contributed by atoms with Gasteiger partial charge in [0, 0.05) is 6.54 Å². The second-order valence-electron chi connectivity index (χ2n) is 8.63. The van der Waals surface area contributed by atoms with Crippen LogP contribution in [-0.2, 0) is 11.0 Å². The molecule has 2 aromatic rings. The van der Waals surface area contributed by atoms with Crippen molar-refractivity contribution < 1.29 is 22.8 Å². The van der Waals surface area contributed by atoms with Crippen LogP contribution in [0.15, 0.2) is 59.8 Å². The first kappa shape index (κ1) is 22.0. The zero-order valence-corrected chi connectivity index (χ0v) is 17.9. The number of alkyl halides is 3. The van der Waals surface area contributed by atoms with Crippen molar-refractivity contribution in [3.8, 4) is 6.07 Å². The van der Waals surface area contributed by atoms with Crippen molar-refractivity contribution >= 4 is 17.6 Å². The number of nitriles is 1. The lowest BCUT2D eigenvalue weighted by atomic mass is 9.92. The van der Waals surface area contributed by atoms with Gasteiger partial charge < -0.3 is 5.32 Å². The van der Waals surface area contributed by atoms with E-state index in [1.165, 1.54) is 12.1 Å². The van der Waals surface area contributed by atoms with Crippen LogP contribution in [0.1, 0.15) is 35.6 Å². The maximum absolute atomic E-state index is 13.4. The fourth-order valence-electron chi connectivity index (χ4n) is 4.33. The Labute approximate surface area is 193 Å². The van der Waals surface area contributed by atoms with E-state index in [4.69, 9.17) is 5.26 Å². The van der Waals surface area contributed by atoms with Gasteiger partial charge in [-0.05, 0) is 54.7 Å². The number of halogens is 3. The molecule has 2 heterocycles. The Kier molecular flexibility index (Phi) is 5.29. The van der Waals surface area contributed by atoms with Crippen molar-refractivity contribution in [2.45, 2.75) is 25.1 Å². The average molecular weight is 467 g/mol. The van der Waals surface area contributed by atoms with Gasteiger partial charge in [-0.1, -0.05) is 18.2 Å². The molecule has 0 bridgehead atoms. The highest BCUT2D eigenvalue weighted by molar-refractivity contribution is 6.05. The van der Waals surface area contributed by atoms with Crippen LogP contribution >= 0.6 is 0 Å². The monoisotopic (exact) mass is 467 g/mol. The van der Waals surface area contributed by atoms with Gasteiger partial charge in [0.25, 0.3) is 5.91 Å². The van der Waals surface area contributed by atoms with Crippen molar-refractivity contribution in [1.82, 2.24) is 15.8 Å². The summed E-state index contributed by atoms with van der Waals surface area (Å²) >= 11 is 0. The number of urea groups is 1. The Morgan fingerprint density at radius 2 is 1.82 bits per heavy atom. The molecule has 0 radical (unpaired) electrons. The van der Waals surface area contributed by atoms with E-state index in [1.54, 1.807) is 29.3 Å². The molecule has 2 aromatic carbocycles. The van der Waals surface area contributed by atoms with Crippen LogP contribution in [0.5, 0.6) is 0 Å². The molecular weight excluding hydrogens is 447 g/mol. The van der Waals surface area contributed by atoms with E-state index in [9.17, 15) is 22.8 Å². The minimum atomic E-state index is -4.58. The zero-order valence-electron chi connectivity index (χ0n) is 17.9. The van der Waals surface area contributed by atoms with Crippen molar-refractivity contribution in [3.05, 3.63) is 76.5 Å². The van der Waals surface area contributed by atoms with Gasteiger partial charge in [-0.2, -0.15) is 18.4 Å². The molecule has 0 saturated heterocycles. The van der Waals surface area contributed by atoms with E-state index >= 15 is 0 Å². The van der Waals surface area contributed by atoms with E-state index < -0.39 is 29.7 Å². The summed E-state index contributed by atoms with van der Waals surface area (Å²) in [5.74, 6) is 0.0180. The van der Waals surface area contributed by atoms with Gasteiger partial charge in [0.15, 0.2) is 0 Å². The number of hydrogen-bond donors (Lipinski definition) is 2. The van der Waals surface area contributed by atoms with Gasteiger partial charge in [-0.25, -0.2) is 9.80 Å². The largest absolute Gasteiger partial charge is 0.416 e. The Hall–Kier alpha value is -3.84. The van der Waals surface area contributed by atoms with E-state index in [1.807, 2.05) is 6.07 Å². The maximum atomic E-state index is 13.4. The molecule has 7 nitrogen and oxygen atoms in total. The lowest BCUT2D eigenvalue weighted by Crippen LogP contribution is -2.59. The summed E-state index contributed by atoms with van der Waals surface area (Å²) in [5.41, 5.74) is 3.61. The highest BCUT2D eigenvalue weighted by Gasteiger charge is 2.43. The number of amides is 3. The number of nitrogens with zero attached hydrogens (tertiary/aromatic N) is 3. The fraction of sp³-hybridized carbons (Fsp3) is 0.292. The van der Waals surface area contributed by atoms with Crippen LogP contribution in [0, 0.1) is 17.2 Å². The summed E-state index contributed by atoms with van der Waals surface area (Å²) in [5, 5.41) is 13.5. The number of rotatable bonds is 4. The molecule has 2 N–H and O–H groups in total. The van der Waals surface area contributed by atoms with Gasteiger partial charge in [0.05, 0.1) is 46.7 Å². The number of benzene rings is 2. The molecule has 3 aliphatic rings. The quantitative estimate of drug-likeness (QED) is 0.715. The number of carbonyl (C=O) groups is 2. The Bertz CT molecular complexity index is 1230. The van der Waals surface area contributed by atoms with Crippen LogP contribution in [-0.4, -0.2) is 30.0 Å². The highest BCUT2D eigenvalue weighted by Crippen LogP contribution is 2.39. The molecule has 1 saturated carbocycles. The molecule has 174 valence electrons. The first-order chi connectivity index (χ1) is 16.2. The predicted octanol–water partition coefficient (Wildman–Crippen LogP) is 3.86. The van der Waals surface area contributed by atoms with E-state index in [0.717, 1.165) is 29.9 Å². The Balaban J connectivity index is 1.61. The standard InChI is InChI=1S/C24H20F3N5O2/c25-24(26,27)17-2-1-3-18(10-17)32-19-13-31(12-15-4-5-15)30-22(33)20(19)21(29-23(32)34)16-8-6-14(11-28)7-9-16/h1-3,6-10,15,21H,4-5,12-13H2,(H,29,34)(H,30,33)/t21-/m1/s1. The number of anilines is 1.